The molecule has 0 heterocycles. The first-order valence-electron chi connectivity index (χ1n) is 6.16. The van der Waals surface area contributed by atoms with E-state index in [2.05, 4.69) is 15.4 Å². The lowest BCUT2D eigenvalue weighted by atomic mass is 10.2. The summed E-state index contributed by atoms with van der Waals surface area (Å²) in [5, 5.41) is 2.15. The fourth-order valence-electron chi connectivity index (χ4n) is 0.588. The van der Waals surface area contributed by atoms with Crippen LogP contribution in [0.4, 0.5) is 4.79 Å². The van der Waals surface area contributed by atoms with E-state index < -0.39 is 11.7 Å². The molecular formula is C11H25ClN4O3. The van der Waals surface area contributed by atoms with Crippen LogP contribution in [0.5, 0.6) is 0 Å². The van der Waals surface area contributed by atoms with Gasteiger partial charge in [0, 0.05) is 6.04 Å². The third-order valence-electron chi connectivity index (χ3n) is 1.70. The quantitative estimate of drug-likeness (QED) is 0.412. The summed E-state index contributed by atoms with van der Waals surface area (Å²) in [6, 6.07) is 0.662. The molecule has 0 aliphatic heterocycles. The molecule has 8 heteroatoms. The van der Waals surface area contributed by atoms with Gasteiger partial charge in [0.25, 0.3) is 0 Å². The predicted molar refractivity (Wildman–Crippen MR) is 76.6 cm³/mol. The predicted octanol–water partition coefficient (Wildman–Crippen LogP) is 2.40. The molecule has 0 spiro atoms. The van der Waals surface area contributed by atoms with Crippen molar-refractivity contribution in [2.45, 2.75) is 64.5 Å². The second-order valence-electron chi connectivity index (χ2n) is 5.21. The molecule has 4 N–H and O–H groups in total. The zero-order chi connectivity index (χ0) is 14.0. The highest BCUT2D eigenvalue weighted by Crippen LogP contribution is 2.16. The van der Waals surface area contributed by atoms with Crippen molar-refractivity contribution < 1.29 is 9.53 Å². The van der Waals surface area contributed by atoms with E-state index in [1.165, 1.54) is 32.1 Å². The molecule has 2 rings (SSSR count). The molecule has 7 nitrogen and oxygen atoms in total. The Morgan fingerprint density at radius 1 is 1.26 bits per heavy atom. The molecule has 2 aliphatic carbocycles. The lowest BCUT2D eigenvalue weighted by molar-refractivity contribution is 0.0528. The van der Waals surface area contributed by atoms with Crippen molar-refractivity contribution in [1.29, 1.82) is 0 Å². The first-order chi connectivity index (χ1) is 8.39. The summed E-state index contributed by atoms with van der Waals surface area (Å²) >= 11 is 0. The number of ether oxygens (including phenoxy) is 1. The number of hydrogen-bond acceptors (Lipinski definition) is 6. The first-order valence-corrected chi connectivity index (χ1v) is 6.16. The summed E-state index contributed by atoms with van der Waals surface area (Å²) in [7, 11) is 0. The van der Waals surface area contributed by atoms with Gasteiger partial charge in [-0.1, -0.05) is 19.3 Å². The minimum atomic E-state index is -0.831. The molecule has 0 saturated heterocycles. The molecule has 2 fully saturated rings. The summed E-state index contributed by atoms with van der Waals surface area (Å²) in [5.41, 5.74) is 3.66. The van der Waals surface area contributed by atoms with Crippen LogP contribution in [-0.4, -0.2) is 17.7 Å². The number of nitrogens with one attached hydrogen (secondary N) is 2. The van der Waals surface area contributed by atoms with E-state index in [-0.39, 0.29) is 12.4 Å². The van der Waals surface area contributed by atoms with Gasteiger partial charge in [0.15, 0.2) is 0 Å². The van der Waals surface area contributed by atoms with Crippen molar-refractivity contribution in [3.63, 3.8) is 0 Å². The van der Waals surface area contributed by atoms with Crippen molar-refractivity contribution in [3.8, 4) is 0 Å². The van der Waals surface area contributed by atoms with Gasteiger partial charge in [-0.05, 0) is 33.6 Å². The Balaban J connectivity index is 0. The highest BCUT2D eigenvalue weighted by molar-refractivity contribution is 5.85. The zero-order valence-electron chi connectivity index (χ0n) is 11.8. The largest absolute Gasteiger partial charge is 0.443 e. The molecule has 114 valence electrons. The molecule has 0 atom stereocenters. The maximum absolute atomic E-state index is 10.4. The average molecular weight is 297 g/mol. The summed E-state index contributed by atoms with van der Waals surface area (Å²) in [6.07, 6.45) is 6.22. The highest BCUT2D eigenvalue weighted by atomic mass is 35.5. The Morgan fingerprint density at radius 2 is 1.74 bits per heavy atom. The van der Waals surface area contributed by atoms with Crippen molar-refractivity contribution in [3.05, 3.63) is 4.91 Å². The number of nitroso groups, excluding NO2 is 1. The second-order valence-corrected chi connectivity index (χ2v) is 5.21. The van der Waals surface area contributed by atoms with Crippen LogP contribution in [0.25, 0.3) is 0 Å². The zero-order valence-corrected chi connectivity index (χ0v) is 12.6. The molecule has 1 amide bonds. The van der Waals surface area contributed by atoms with Gasteiger partial charge in [-0.15, -0.1) is 17.3 Å². The van der Waals surface area contributed by atoms with E-state index in [1.807, 2.05) is 0 Å². The van der Waals surface area contributed by atoms with Gasteiger partial charge in [-0.2, -0.15) is 5.43 Å². The summed E-state index contributed by atoms with van der Waals surface area (Å²) in [6.45, 7) is 5.08. The fraction of sp³-hybridized carbons (Fsp3) is 0.909. The number of halogens is 1. The van der Waals surface area contributed by atoms with Crippen LogP contribution < -0.4 is 16.7 Å². The first kappa shape index (κ1) is 20.4. The Bertz CT molecular complexity index is 250. The van der Waals surface area contributed by atoms with Crippen LogP contribution >= 0.6 is 12.4 Å². The molecule has 0 bridgehead atoms. The van der Waals surface area contributed by atoms with Gasteiger partial charge in [0.1, 0.15) is 5.60 Å². The van der Waals surface area contributed by atoms with E-state index in [0.717, 1.165) is 0 Å². The Labute approximate surface area is 120 Å². The Morgan fingerprint density at radius 3 is 1.89 bits per heavy atom. The molecular weight excluding hydrogens is 272 g/mol. The lowest BCUT2D eigenvalue weighted by Crippen LogP contribution is -2.29. The van der Waals surface area contributed by atoms with Crippen molar-refractivity contribution >= 4 is 18.5 Å². The minimum absolute atomic E-state index is 0. The van der Waals surface area contributed by atoms with E-state index in [4.69, 9.17) is 5.84 Å². The monoisotopic (exact) mass is 296 g/mol. The number of amides is 1. The SMILES string of the molecule is C1CC1.CC(C)(C)OC(=O)NN=O.Cl.NNC1CC1. The fourth-order valence-corrected chi connectivity index (χ4v) is 0.588. The molecule has 0 aromatic heterocycles. The smallest absolute Gasteiger partial charge is 0.430 e. The summed E-state index contributed by atoms with van der Waals surface area (Å²) in [5.74, 6) is 4.98. The number of nitrogens with two attached hydrogens (primary N) is 1. The second kappa shape index (κ2) is 11.0. The Kier molecular flexibility index (Phi) is 11.8. The molecule has 2 saturated carbocycles. The van der Waals surface area contributed by atoms with Crippen LogP contribution in [0.2, 0.25) is 0 Å². The standard InChI is InChI=1S/C5H10N2O3.C3H8N2.C3H6.ClH/c1-5(2,3)10-4(8)6-7-9;4-5-3-1-2-3;1-2-3-1;/h1-3H3,(H,6,8,9);3,5H,1-2,4H2;1-3H2;1H. The van der Waals surface area contributed by atoms with Gasteiger partial charge in [0.2, 0.25) is 0 Å². The van der Waals surface area contributed by atoms with E-state index in [0.29, 0.717) is 6.04 Å². The number of nitrogens with zero attached hydrogens (tertiary/aromatic N) is 1. The number of rotatable bonds is 2. The third-order valence-corrected chi connectivity index (χ3v) is 1.70. The third kappa shape index (κ3) is 22.7. The van der Waals surface area contributed by atoms with Crippen LogP contribution in [0.15, 0.2) is 5.29 Å². The molecule has 0 unspecified atom stereocenters. The molecule has 0 aromatic rings. The maximum atomic E-state index is 10.4. The molecule has 0 radical (unpaired) electrons. The topological polar surface area (TPSA) is 106 Å². The number of hydrazine groups is 1. The van der Waals surface area contributed by atoms with Crippen LogP contribution in [-0.2, 0) is 4.74 Å². The molecule has 19 heavy (non-hydrogen) atoms. The normalized spacial score (nSPS) is 15.4. The van der Waals surface area contributed by atoms with Gasteiger partial charge in [-0.25, -0.2) is 4.79 Å². The van der Waals surface area contributed by atoms with Crippen LogP contribution in [0.1, 0.15) is 52.9 Å². The van der Waals surface area contributed by atoms with Crippen LogP contribution in [0.3, 0.4) is 0 Å². The highest BCUT2D eigenvalue weighted by Gasteiger charge is 2.17. The van der Waals surface area contributed by atoms with Crippen LogP contribution in [0, 0.1) is 4.91 Å². The van der Waals surface area contributed by atoms with Crippen molar-refractivity contribution in [2.75, 3.05) is 0 Å². The van der Waals surface area contributed by atoms with Gasteiger partial charge in [0.05, 0.1) is 5.29 Å². The number of carbonyl (C=O) groups excluding carboxylic acids is 1. The van der Waals surface area contributed by atoms with Crippen molar-refractivity contribution in [2.24, 2.45) is 11.1 Å². The lowest BCUT2D eigenvalue weighted by Gasteiger charge is -2.17. The average Bonchev–Trinajstić information content (AvgIpc) is 3.09. The van der Waals surface area contributed by atoms with Gasteiger partial charge < -0.3 is 4.74 Å². The maximum Gasteiger partial charge on any atom is 0.430 e. The number of hydrogen-bond donors (Lipinski definition) is 3. The number of carbonyl (C=O) groups is 1. The summed E-state index contributed by atoms with van der Waals surface area (Å²) in [4.78, 5) is 19.9. The minimum Gasteiger partial charge on any atom is -0.443 e. The van der Waals surface area contributed by atoms with E-state index >= 15 is 0 Å². The van der Waals surface area contributed by atoms with Crippen molar-refractivity contribution in [1.82, 2.24) is 10.9 Å². The van der Waals surface area contributed by atoms with Gasteiger partial charge >= 0.3 is 6.09 Å². The summed E-state index contributed by atoms with van der Waals surface area (Å²) < 4.78 is 4.63. The van der Waals surface area contributed by atoms with Gasteiger partial charge in [-0.3, -0.25) is 11.3 Å². The molecule has 0 aromatic carbocycles. The Hall–Kier alpha value is -0.920. The van der Waals surface area contributed by atoms with E-state index in [1.54, 1.807) is 26.2 Å². The molecule has 2 aliphatic rings. The van der Waals surface area contributed by atoms with E-state index in [9.17, 15) is 9.70 Å².